The van der Waals surface area contributed by atoms with Gasteiger partial charge in [-0.3, -0.25) is 9.59 Å². The van der Waals surface area contributed by atoms with Gasteiger partial charge in [-0.1, -0.05) is 29.8 Å². The standard InChI is InChI=1S/C20H20ClNO2/c1-13-17(21)6-3-7-18(13)22-20(24)11-10-19(23)16-9-8-14-4-2-5-15(14)12-16/h3,6-9,12H,2,4-5,10-11H2,1H3,(H,22,24). The van der Waals surface area contributed by atoms with Crippen LogP contribution in [-0.4, -0.2) is 11.7 Å². The Balaban J connectivity index is 1.58. The van der Waals surface area contributed by atoms with Gasteiger partial charge in [-0.05, 0) is 61.1 Å². The molecule has 1 amide bonds. The van der Waals surface area contributed by atoms with E-state index >= 15 is 0 Å². The van der Waals surface area contributed by atoms with Crippen LogP contribution in [0, 0.1) is 6.92 Å². The second kappa shape index (κ2) is 7.18. The van der Waals surface area contributed by atoms with Gasteiger partial charge in [0.05, 0.1) is 0 Å². The van der Waals surface area contributed by atoms with E-state index in [9.17, 15) is 9.59 Å². The maximum atomic E-state index is 12.3. The Labute approximate surface area is 147 Å². The fraction of sp³-hybridized carbons (Fsp3) is 0.300. The van der Waals surface area contributed by atoms with Gasteiger partial charge < -0.3 is 5.32 Å². The number of carbonyl (C=O) groups excluding carboxylic acids is 2. The molecule has 2 aromatic rings. The smallest absolute Gasteiger partial charge is 0.224 e. The van der Waals surface area contributed by atoms with Gasteiger partial charge in [0, 0.05) is 29.1 Å². The molecule has 0 aromatic heterocycles. The van der Waals surface area contributed by atoms with Crippen molar-refractivity contribution in [1.82, 2.24) is 0 Å². The molecule has 0 radical (unpaired) electrons. The number of rotatable bonds is 5. The first-order valence-electron chi connectivity index (χ1n) is 8.24. The molecule has 124 valence electrons. The average Bonchev–Trinajstić information content (AvgIpc) is 3.04. The summed E-state index contributed by atoms with van der Waals surface area (Å²) in [5.41, 5.74) is 4.86. The van der Waals surface area contributed by atoms with Crippen LogP contribution in [0.4, 0.5) is 5.69 Å². The SMILES string of the molecule is Cc1c(Cl)cccc1NC(=O)CCC(=O)c1ccc2c(c1)CCC2. The van der Waals surface area contributed by atoms with Gasteiger partial charge in [-0.2, -0.15) is 0 Å². The molecule has 1 aliphatic carbocycles. The Hall–Kier alpha value is -2.13. The molecule has 0 aliphatic heterocycles. The zero-order valence-electron chi connectivity index (χ0n) is 13.7. The van der Waals surface area contributed by atoms with Crippen LogP contribution in [0.2, 0.25) is 5.02 Å². The summed E-state index contributed by atoms with van der Waals surface area (Å²) < 4.78 is 0. The lowest BCUT2D eigenvalue weighted by atomic mass is 10.0. The third-order valence-electron chi connectivity index (χ3n) is 4.54. The predicted molar refractivity (Wildman–Crippen MR) is 96.9 cm³/mol. The van der Waals surface area contributed by atoms with E-state index in [-0.39, 0.29) is 24.5 Å². The second-order valence-electron chi connectivity index (χ2n) is 6.22. The van der Waals surface area contributed by atoms with Crippen LogP contribution in [-0.2, 0) is 17.6 Å². The number of ketones is 1. The van der Waals surface area contributed by atoms with Crippen LogP contribution < -0.4 is 5.32 Å². The number of carbonyl (C=O) groups is 2. The summed E-state index contributed by atoms with van der Waals surface area (Å²) in [5.74, 6) is -0.155. The summed E-state index contributed by atoms with van der Waals surface area (Å²) in [6.45, 7) is 1.85. The minimum absolute atomic E-state index is 0.0164. The first-order chi connectivity index (χ1) is 11.5. The first-order valence-corrected chi connectivity index (χ1v) is 8.62. The number of anilines is 1. The number of benzene rings is 2. The molecule has 3 nitrogen and oxygen atoms in total. The van der Waals surface area contributed by atoms with Crippen LogP contribution in [0.25, 0.3) is 0 Å². The van der Waals surface area contributed by atoms with Crippen molar-refractivity contribution in [2.24, 2.45) is 0 Å². The van der Waals surface area contributed by atoms with Crippen LogP contribution >= 0.6 is 11.6 Å². The van der Waals surface area contributed by atoms with Crippen LogP contribution in [0.1, 0.15) is 46.3 Å². The van der Waals surface area contributed by atoms with Gasteiger partial charge in [0.1, 0.15) is 0 Å². The molecule has 0 saturated carbocycles. The Morgan fingerprint density at radius 3 is 2.71 bits per heavy atom. The maximum Gasteiger partial charge on any atom is 0.224 e. The molecule has 0 heterocycles. The van der Waals surface area contributed by atoms with Crippen LogP contribution in [0.5, 0.6) is 0 Å². The van der Waals surface area contributed by atoms with Crippen molar-refractivity contribution in [2.45, 2.75) is 39.0 Å². The largest absolute Gasteiger partial charge is 0.326 e. The monoisotopic (exact) mass is 341 g/mol. The van der Waals surface area contributed by atoms with E-state index in [1.54, 1.807) is 18.2 Å². The predicted octanol–water partition coefficient (Wildman–Crippen LogP) is 4.74. The highest BCUT2D eigenvalue weighted by atomic mass is 35.5. The quantitative estimate of drug-likeness (QED) is 0.798. The van der Waals surface area contributed by atoms with Crippen molar-refractivity contribution < 1.29 is 9.59 Å². The zero-order valence-corrected chi connectivity index (χ0v) is 14.5. The third-order valence-corrected chi connectivity index (χ3v) is 4.95. The summed E-state index contributed by atoms with van der Waals surface area (Å²) >= 11 is 6.05. The van der Waals surface area contributed by atoms with Crippen molar-refractivity contribution in [1.29, 1.82) is 0 Å². The van der Waals surface area contributed by atoms with Crippen molar-refractivity contribution >= 4 is 29.0 Å². The lowest BCUT2D eigenvalue weighted by Gasteiger charge is -2.09. The van der Waals surface area contributed by atoms with Gasteiger partial charge in [-0.25, -0.2) is 0 Å². The summed E-state index contributed by atoms with van der Waals surface area (Å²) in [5, 5.41) is 3.44. The fourth-order valence-electron chi connectivity index (χ4n) is 3.07. The minimum atomic E-state index is -0.171. The van der Waals surface area contributed by atoms with E-state index in [4.69, 9.17) is 11.6 Å². The lowest BCUT2D eigenvalue weighted by Crippen LogP contribution is -2.14. The fourth-order valence-corrected chi connectivity index (χ4v) is 3.25. The van der Waals surface area contributed by atoms with Crippen molar-refractivity contribution in [3.63, 3.8) is 0 Å². The summed E-state index contributed by atoms with van der Waals surface area (Å²) in [7, 11) is 0. The minimum Gasteiger partial charge on any atom is -0.326 e. The van der Waals surface area contributed by atoms with Gasteiger partial charge >= 0.3 is 0 Å². The average molecular weight is 342 g/mol. The Morgan fingerprint density at radius 1 is 1.08 bits per heavy atom. The number of amides is 1. The number of aryl methyl sites for hydroxylation is 2. The summed E-state index contributed by atoms with van der Waals surface area (Å²) in [6, 6.07) is 11.3. The number of fused-ring (bicyclic) bond motifs is 1. The molecule has 0 unspecified atom stereocenters. The van der Waals surface area contributed by atoms with Gasteiger partial charge in [0.15, 0.2) is 5.78 Å². The van der Waals surface area contributed by atoms with Crippen molar-refractivity contribution in [2.75, 3.05) is 5.32 Å². The molecule has 4 heteroatoms. The number of halogens is 1. The zero-order chi connectivity index (χ0) is 17.1. The highest BCUT2D eigenvalue weighted by Gasteiger charge is 2.15. The van der Waals surface area contributed by atoms with E-state index in [0.29, 0.717) is 16.3 Å². The van der Waals surface area contributed by atoms with Gasteiger partial charge in [0.2, 0.25) is 5.91 Å². The van der Waals surface area contributed by atoms with Crippen LogP contribution in [0.15, 0.2) is 36.4 Å². The summed E-state index contributed by atoms with van der Waals surface area (Å²) in [4.78, 5) is 24.4. The topological polar surface area (TPSA) is 46.2 Å². The molecule has 0 fully saturated rings. The van der Waals surface area contributed by atoms with E-state index in [2.05, 4.69) is 5.32 Å². The van der Waals surface area contributed by atoms with E-state index in [1.165, 1.54) is 11.1 Å². The van der Waals surface area contributed by atoms with Crippen LogP contribution in [0.3, 0.4) is 0 Å². The Morgan fingerprint density at radius 2 is 1.88 bits per heavy atom. The molecular formula is C20H20ClNO2. The molecular weight excluding hydrogens is 322 g/mol. The summed E-state index contributed by atoms with van der Waals surface area (Å²) in [6.07, 6.45) is 3.69. The maximum absolute atomic E-state index is 12.3. The molecule has 24 heavy (non-hydrogen) atoms. The molecule has 1 N–H and O–H groups in total. The lowest BCUT2D eigenvalue weighted by molar-refractivity contribution is -0.116. The van der Waals surface area contributed by atoms with Crippen molar-refractivity contribution in [3.05, 3.63) is 63.7 Å². The number of hydrogen-bond acceptors (Lipinski definition) is 2. The molecule has 0 saturated heterocycles. The number of hydrogen-bond donors (Lipinski definition) is 1. The number of nitrogens with one attached hydrogen (secondary N) is 1. The first kappa shape index (κ1) is 16.7. The van der Waals surface area contributed by atoms with E-state index in [0.717, 1.165) is 24.8 Å². The van der Waals surface area contributed by atoms with E-state index < -0.39 is 0 Å². The van der Waals surface area contributed by atoms with Gasteiger partial charge in [0.25, 0.3) is 0 Å². The Kier molecular flexibility index (Phi) is 5.00. The van der Waals surface area contributed by atoms with Crippen molar-refractivity contribution in [3.8, 4) is 0 Å². The molecule has 3 rings (SSSR count). The molecule has 0 atom stereocenters. The molecule has 1 aliphatic rings. The molecule has 0 spiro atoms. The Bertz CT molecular complexity index is 798. The number of Topliss-reactive ketones (excluding diaryl/α,β-unsaturated/α-hetero) is 1. The second-order valence-corrected chi connectivity index (χ2v) is 6.63. The van der Waals surface area contributed by atoms with E-state index in [1.807, 2.05) is 25.1 Å². The third kappa shape index (κ3) is 3.68. The highest BCUT2D eigenvalue weighted by molar-refractivity contribution is 6.31. The molecule has 0 bridgehead atoms. The molecule has 2 aromatic carbocycles. The van der Waals surface area contributed by atoms with Gasteiger partial charge in [-0.15, -0.1) is 0 Å². The highest BCUT2D eigenvalue weighted by Crippen LogP contribution is 2.24. The normalized spacial score (nSPS) is 12.8.